The van der Waals surface area contributed by atoms with Gasteiger partial charge in [0.25, 0.3) is 0 Å². The second-order valence-electron chi connectivity index (χ2n) is 6.67. The molecule has 0 spiro atoms. The Bertz CT molecular complexity index is 931. The van der Waals surface area contributed by atoms with Gasteiger partial charge >= 0.3 is 0 Å². The highest BCUT2D eigenvalue weighted by atomic mass is 32.1. The lowest BCUT2D eigenvalue weighted by molar-refractivity contribution is -0.132. The normalized spacial score (nSPS) is 15.1. The fourth-order valence-electron chi connectivity index (χ4n) is 3.31. The number of anilines is 1. The van der Waals surface area contributed by atoms with Crippen LogP contribution in [0.3, 0.4) is 0 Å². The molecule has 1 aromatic carbocycles. The quantitative estimate of drug-likeness (QED) is 0.724. The molecule has 0 bridgehead atoms. The summed E-state index contributed by atoms with van der Waals surface area (Å²) in [6.45, 7) is 3.79. The number of benzene rings is 1. The first-order chi connectivity index (χ1) is 12.6. The summed E-state index contributed by atoms with van der Waals surface area (Å²) in [6.07, 6.45) is 0.439. The van der Waals surface area contributed by atoms with Crippen LogP contribution in [0.25, 0.3) is 11.0 Å². The van der Waals surface area contributed by atoms with Crippen LogP contribution < -0.4 is 5.32 Å². The molecule has 0 aliphatic carbocycles. The maximum absolute atomic E-state index is 12.9. The molecular formula is C19H22N4O2S. The van der Waals surface area contributed by atoms with Gasteiger partial charge in [0.05, 0.1) is 17.1 Å². The average Bonchev–Trinajstić information content (AvgIpc) is 3.24. The van der Waals surface area contributed by atoms with E-state index in [4.69, 9.17) is 0 Å². The van der Waals surface area contributed by atoms with Gasteiger partial charge in [-0.2, -0.15) is 0 Å². The molecule has 0 unspecified atom stereocenters. The van der Waals surface area contributed by atoms with E-state index in [0.717, 1.165) is 24.0 Å². The molecule has 1 aliphatic heterocycles. The highest BCUT2D eigenvalue weighted by Crippen LogP contribution is 2.25. The molecular weight excluding hydrogens is 348 g/mol. The molecule has 0 saturated heterocycles. The molecule has 7 heteroatoms. The SMILES string of the molecule is C[C@H](O)CNc1nc2ccccc2n1CC(=O)N1CCc2sccc2C1. The summed E-state index contributed by atoms with van der Waals surface area (Å²) < 4.78 is 1.91. The molecule has 6 nitrogen and oxygen atoms in total. The van der Waals surface area contributed by atoms with E-state index in [2.05, 4.69) is 21.7 Å². The molecule has 1 amide bonds. The Balaban J connectivity index is 1.57. The van der Waals surface area contributed by atoms with Crippen molar-refractivity contribution >= 4 is 34.2 Å². The maximum atomic E-state index is 12.9. The summed E-state index contributed by atoms with van der Waals surface area (Å²) in [6, 6.07) is 9.89. The number of rotatable bonds is 5. The number of para-hydroxylation sites is 2. The molecule has 1 atom stereocenters. The van der Waals surface area contributed by atoms with Crippen LogP contribution in [-0.4, -0.2) is 44.7 Å². The van der Waals surface area contributed by atoms with Crippen LogP contribution in [-0.2, 0) is 24.3 Å². The average molecular weight is 370 g/mol. The zero-order valence-corrected chi connectivity index (χ0v) is 15.5. The molecule has 3 aromatic rings. The number of aliphatic hydroxyl groups is 1. The Labute approximate surface area is 156 Å². The second-order valence-corrected chi connectivity index (χ2v) is 7.68. The van der Waals surface area contributed by atoms with Crippen molar-refractivity contribution in [2.45, 2.75) is 32.5 Å². The second kappa shape index (κ2) is 7.09. The number of fused-ring (bicyclic) bond motifs is 2. The smallest absolute Gasteiger partial charge is 0.242 e. The first-order valence-electron chi connectivity index (χ1n) is 8.82. The summed E-state index contributed by atoms with van der Waals surface area (Å²) in [7, 11) is 0. The van der Waals surface area contributed by atoms with E-state index in [9.17, 15) is 9.90 Å². The first-order valence-corrected chi connectivity index (χ1v) is 9.70. The van der Waals surface area contributed by atoms with Crippen LogP contribution in [0.2, 0.25) is 0 Å². The minimum atomic E-state index is -0.488. The minimum absolute atomic E-state index is 0.0881. The van der Waals surface area contributed by atoms with Crippen LogP contribution in [0.15, 0.2) is 35.7 Å². The molecule has 136 valence electrons. The van der Waals surface area contributed by atoms with Crippen LogP contribution in [0.1, 0.15) is 17.4 Å². The Morgan fingerprint density at radius 1 is 1.38 bits per heavy atom. The van der Waals surface area contributed by atoms with E-state index < -0.39 is 6.10 Å². The standard InChI is InChI=1S/C19H22N4O2S/c1-13(24)10-20-19-21-15-4-2-3-5-16(15)23(19)12-18(25)22-8-6-17-14(11-22)7-9-26-17/h2-5,7,9,13,24H,6,8,10-12H2,1H3,(H,20,21)/t13-/m0/s1. The van der Waals surface area contributed by atoms with E-state index in [-0.39, 0.29) is 12.5 Å². The number of thiophene rings is 1. The fourth-order valence-corrected chi connectivity index (χ4v) is 4.20. The number of aliphatic hydroxyl groups excluding tert-OH is 1. The van der Waals surface area contributed by atoms with Crippen molar-refractivity contribution in [2.24, 2.45) is 0 Å². The van der Waals surface area contributed by atoms with Gasteiger partial charge in [-0.1, -0.05) is 12.1 Å². The number of hydrogen-bond acceptors (Lipinski definition) is 5. The number of nitrogens with zero attached hydrogens (tertiary/aromatic N) is 3. The number of nitrogens with one attached hydrogen (secondary N) is 1. The Morgan fingerprint density at radius 2 is 2.23 bits per heavy atom. The third-order valence-electron chi connectivity index (χ3n) is 4.66. The molecule has 3 heterocycles. The highest BCUT2D eigenvalue weighted by molar-refractivity contribution is 7.10. The van der Waals surface area contributed by atoms with Gasteiger partial charge in [0, 0.05) is 24.5 Å². The van der Waals surface area contributed by atoms with E-state index in [1.807, 2.05) is 33.7 Å². The molecule has 26 heavy (non-hydrogen) atoms. The lowest BCUT2D eigenvalue weighted by Crippen LogP contribution is -2.37. The zero-order valence-electron chi connectivity index (χ0n) is 14.7. The van der Waals surface area contributed by atoms with Crippen LogP contribution in [0, 0.1) is 0 Å². The van der Waals surface area contributed by atoms with Crippen molar-refractivity contribution < 1.29 is 9.90 Å². The molecule has 0 saturated carbocycles. The predicted octanol–water partition coefficient (Wildman–Crippen LogP) is 2.48. The molecule has 4 rings (SSSR count). The molecule has 2 aromatic heterocycles. The number of aromatic nitrogens is 2. The topological polar surface area (TPSA) is 70.4 Å². The largest absolute Gasteiger partial charge is 0.392 e. The predicted molar refractivity (Wildman–Crippen MR) is 103 cm³/mol. The number of amides is 1. The van der Waals surface area contributed by atoms with Gasteiger partial charge in [-0.15, -0.1) is 11.3 Å². The molecule has 0 radical (unpaired) electrons. The summed E-state index contributed by atoms with van der Waals surface area (Å²) in [5.41, 5.74) is 3.02. The third kappa shape index (κ3) is 3.32. The van der Waals surface area contributed by atoms with Gasteiger partial charge in [0.15, 0.2) is 0 Å². The zero-order chi connectivity index (χ0) is 18.1. The summed E-state index contributed by atoms with van der Waals surface area (Å²) in [4.78, 5) is 20.8. The third-order valence-corrected chi connectivity index (χ3v) is 5.69. The number of hydrogen-bond donors (Lipinski definition) is 2. The van der Waals surface area contributed by atoms with Gasteiger partial charge in [0.1, 0.15) is 6.54 Å². The molecule has 2 N–H and O–H groups in total. The van der Waals surface area contributed by atoms with Gasteiger partial charge in [-0.05, 0) is 42.5 Å². The molecule has 0 fully saturated rings. The van der Waals surface area contributed by atoms with Crippen molar-refractivity contribution in [1.82, 2.24) is 14.5 Å². The van der Waals surface area contributed by atoms with E-state index in [1.165, 1.54) is 10.4 Å². The summed E-state index contributed by atoms with van der Waals surface area (Å²) >= 11 is 1.77. The Hall–Kier alpha value is -2.38. The lowest BCUT2D eigenvalue weighted by atomic mass is 10.1. The number of carbonyl (C=O) groups is 1. The first kappa shape index (κ1) is 17.1. The maximum Gasteiger partial charge on any atom is 0.242 e. The number of imidazole rings is 1. The van der Waals surface area contributed by atoms with Gasteiger partial charge in [-0.25, -0.2) is 4.98 Å². The van der Waals surface area contributed by atoms with Crippen molar-refractivity contribution in [3.63, 3.8) is 0 Å². The van der Waals surface area contributed by atoms with Crippen LogP contribution in [0.5, 0.6) is 0 Å². The van der Waals surface area contributed by atoms with Gasteiger partial charge < -0.3 is 19.9 Å². The summed E-state index contributed by atoms with van der Waals surface area (Å²) in [5.74, 6) is 0.707. The van der Waals surface area contributed by atoms with Gasteiger partial charge in [-0.3, -0.25) is 4.79 Å². The minimum Gasteiger partial charge on any atom is -0.392 e. The molecule has 1 aliphatic rings. The van der Waals surface area contributed by atoms with Crippen molar-refractivity contribution in [3.05, 3.63) is 46.2 Å². The highest BCUT2D eigenvalue weighted by Gasteiger charge is 2.23. The Kier molecular flexibility index (Phi) is 4.65. The van der Waals surface area contributed by atoms with Crippen molar-refractivity contribution in [2.75, 3.05) is 18.4 Å². The van der Waals surface area contributed by atoms with Crippen LogP contribution in [0.4, 0.5) is 5.95 Å². The van der Waals surface area contributed by atoms with Crippen molar-refractivity contribution in [3.8, 4) is 0 Å². The lowest BCUT2D eigenvalue weighted by Gasteiger charge is -2.27. The van der Waals surface area contributed by atoms with Crippen molar-refractivity contribution in [1.29, 1.82) is 0 Å². The van der Waals surface area contributed by atoms with E-state index >= 15 is 0 Å². The Morgan fingerprint density at radius 3 is 3.08 bits per heavy atom. The van der Waals surface area contributed by atoms with Crippen LogP contribution >= 0.6 is 11.3 Å². The summed E-state index contributed by atoms with van der Waals surface area (Å²) in [5, 5.41) is 14.8. The fraction of sp³-hybridized carbons (Fsp3) is 0.368. The van der Waals surface area contributed by atoms with Gasteiger partial charge in [0.2, 0.25) is 11.9 Å². The monoisotopic (exact) mass is 370 g/mol. The van der Waals surface area contributed by atoms with E-state index in [0.29, 0.717) is 19.0 Å². The van der Waals surface area contributed by atoms with E-state index in [1.54, 1.807) is 18.3 Å². The number of carbonyl (C=O) groups excluding carboxylic acids is 1.